The van der Waals surface area contributed by atoms with Crippen LogP contribution in [0.15, 0.2) is 60.7 Å². The third-order valence-electron chi connectivity index (χ3n) is 5.50. The Labute approximate surface area is 203 Å². The summed E-state index contributed by atoms with van der Waals surface area (Å²) in [4.78, 5) is 32.5. The molecule has 2 N–H and O–H groups in total. The topological polar surface area (TPSA) is 83.6 Å². The molecule has 1 aromatic heterocycles. The van der Waals surface area contributed by atoms with E-state index < -0.39 is 0 Å². The lowest BCUT2D eigenvalue weighted by atomic mass is 10.1. The first-order valence-electron chi connectivity index (χ1n) is 11.2. The summed E-state index contributed by atoms with van der Waals surface area (Å²) >= 11 is 1.53. The highest BCUT2D eigenvalue weighted by molar-refractivity contribution is 7.15. The van der Waals surface area contributed by atoms with Gasteiger partial charge in [-0.05, 0) is 29.3 Å². The van der Waals surface area contributed by atoms with Gasteiger partial charge in [-0.15, -0.1) is 11.3 Å². The van der Waals surface area contributed by atoms with Gasteiger partial charge in [-0.25, -0.2) is 4.98 Å². The number of ether oxygens (including phenoxy) is 1. The Bertz CT molecular complexity index is 1140. The van der Waals surface area contributed by atoms with E-state index in [0.29, 0.717) is 5.13 Å². The molecule has 0 atom stereocenters. The van der Waals surface area contributed by atoms with Gasteiger partial charge in [-0.2, -0.15) is 0 Å². The average molecular weight is 477 g/mol. The number of anilines is 1. The van der Waals surface area contributed by atoms with E-state index in [2.05, 4.69) is 44.8 Å². The molecule has 0 fully saturated rings. The van der Waals surface area contributed by atoms with Gasteiger partial charge >= 0.3 is 0 Å². The average Bonchev–Trinajstić information content (AvgIpc) is 3.25. The van der Waals surface area contributed by atoms with Gasteiger partial charge in [0.2, 0.25) is 11.8 Å². The van der Waals surface area contributed by atoms with Crippen molar-refractivity contribution in [1.82, 2.24) is 15.2 Å². The van der Waals surface area contributed by atoms with Crippen molar-refractivity contribution in [3.05, 3.63) is 82.4 Å². The lowest BCUT2D eigenvalue weighted by molar-refractivity contribution is -0.117. The second kappa shape index (κ2) is 11.6. The fourth-order valence-electron chi connectivity index (χ4n) is 3.71. The molecule has 1 aliphatic heterocycles. The number of hydrogen-bond donors (Lipinski definition) is 2. The summed E-state index contributed by atoms with van der Waals surface area (Å²) in [6, 6.07) is 17.8. The number of nitrogens with zero attached hydrogens (tertiary/aromatic N) is 2. The van der Waals surface area contributed by atoms with Crippen molar-refractivity contribution in [3.63, 3.8) is 0 Å². The molecular weight excluding hydrogens is 448 g/mol. The predicted octanol–water partition coefficient (Wildman–Crippen LogP) is 3.87. The van der Waals surface area contributed by atoms with Crippen molar-refractivity contribution in [2.75, 3.05) is 25.5 Å². The van der Waals surface area contributed by atoms with Gasteiger partial charge in [0.1, 0.15) is 5.75 Å². The number of carbonyl (C=O) groups excluding carboxylic acids is 2. The highest BCUT2D eigenvalue weighted by Crippen LogP contribution is 2.29. The second-order valence-corrected chi connectivity index (χ2v) is 9.11. The third-order valence-corrected chi connectivity index (χ3v) is 6.50. The van der Waals surface area contributed by atoms with Crippen LogP contribution in [0, 0.1) is 0 Å². The molecule has 0 unspecified atom stereocenters. The van der Waals surface area contributed by atoms with Gasteiger partial charge in [-0.3, -0.25) is 14.5 Å². The predicted molar refractivity (Wildman–Crippen MR) is 135 cm³/mol. The summed E-state index contributed by atoms with van der Waals surface area (Å²) in [5, 5.41) is 6.24. The van der Waals surface area contributed by atoms with Crippen LogP contribution in [0.3, 0.4) is 0 Å². The van der Waals surface area contributed by atoms with E-state index in [9.17, 15) is 9.59 Å². The quantitative estimate of drug-likeness (QED) is 0.458. The van der Waals surface area contributed by atoms with Crippen molar-refractivity contribution in [2.45, 2.75) is 25.9 Å². The van der Waals surface area contributed by atoms with Crippen LogP contribution in [0.1, 0.15) is 28.1 Å². The van der Waals surface area contributed by atoms with Crippen LogP contribution in [-0.4, -0.2) is 41.9 Å². The van der Waals surface area contributed by atoms with Gasteiger partial charge in [0.05, 0.1) is 12.8 Å². The van der Waals surface area contributed by atoms with Crippen molar-refractivity contribution < 1.29 is 14.3 Å². The second-order valence-electron chi connectivity index (χ2n) is 8.03. The molecule has 3 aromatic rings. The van der Waals surface area contributed by atoms with E-state index >= 15 is 0 Å². The van der Waals surface area contributed by atoms with E-state index in [1.165, 1.54) is 27.9 Å². The van der Waals surface area contributed by atoms with Crippen LogP contribution >= 0.6 is 11.3 Å². The molecule has 7 nitrogen and oxygen atoms in total. The first-order valence-corrected chi connectivity index (χ1v) is 12.1. The molecule has 8 heteroatoms. The summed E-state index contributed by atoms with van der Waals surface area (Å²) in [5.74, 6) is 0.358. The summed E-state index contributed by atoms with van der Waals surface area (Å²) < 4.78 is 5.12. The van der Waals surface area contributed by atoms with Crippen LogP contribution in [-0.2, 0) is 29.1 Å². The van der Waals surface area contributed by atoms with Crippen molar-refractivity contribution in [3.8, 4) is 5.75 Å². The van der Waals surface area contributed by atoms with E-state index in [1.54, 1.807) is 13.2 Å². The highest BCUT2D eigenvalue weighted by atomic mass is 32.1. The Morgan fingerprint density at radius 3 is 2.71 bits per heavy atom. The normalized spacial score (nSPS) is 13.4. The number of methoxy groups -OCH3 is 1. The fourth-order valence-corrected chi connectivity index (χ4v) is 4.77. The van der Waals surface area contributed by atoms with Crippen molar-refractivity contribution >= 4 is 34.4 Å². The maximum absolute atomic E-state index is 12.3. The minimum atomic E-state index is -0.244. The summed E-state index contributed by atoms with van der Waals surface area (Å²) in [5.41, 5.74) is 3.26. The van der Waals surface area contributed by atoms with Gasteiger partial charge in [0.15, 0.2) is 5.13 Å². The molecular formula is C26H28N4O3S. The fraction of sp³-hybridized carbons (Fsp3) is 0.269. The van der Waals surface area contributed by atoms with E-state index in [4.69, 9.17) is 4.74 Å². The molecule has 0 spiro atoms. The number of nitrogens with one attached hydrogen (secondary N) is 2. The molecule has 0 saturated carbocycles. The minimum Gasteiger partial charge on any atom is -0.497 e. The Kier molecular flexibility index (Phi) is 8.06. The van der Waals surface area contributed by atoms with Gasteiger partial charge in [0.25, 0.3) is 0 Å². The van der Waals surface area contributed by atoms with Crippen LogP contribution in [0.4, 0.5) is 5.13 Å². The molecule has 2 amide bonds. The number of rotatable bonds is 9. The molecule has 0 radical (unpaired) electrons. The van der Waals surface area contributed by atoms with Crippen molar-refractivity contribution in [1.29, 1.82) is 0 Å². The van der Waals surface area contributed by atoms with Crippen LogP contribution in [0.2, 0.25) is 0 Å². The summed E-state index contributed by atoms with van der Waals surface area (Å²) in [6.45, 7) is 2.96. The maximum atomic E-state index is 12.3. The molecule has 1 aliphatic rings. The Balaban J connectivity index is 1.19. The smallest absolute Gasteiger partial charge is 0.244 e. The minimum absolute atomic E-state index is 0.160. The first kappa shape index (κ1) is 23.7. The van der Waals surface area contributed by atoms with E-state index in [0.717, 1.165) is 43.1 Å². The zero-order valence-electron chi connectivity index (χ0n) is 19.1. The lowest BCUT2D eigenvalue weighted by Crippen LogP contribution is -2.29. The van der Waals surface area contributed by atoms with Gasteiger partial charge in [-0.1, -0.05) is 42.5 Å². The van der Waals surface area contributed by atoms with Gasteiger partial charge < -0.3 is 15.4 Å². The number of thiazole rings is 1. The van der Waals surface area contributed by atoms with Crippen LogP contribution < -0.4 is 15.4 Å². The molecule has 0 bridgehead atoms. The van der Waals surface area contributed by atoms with Crippen molar-refractivity contribution in [2.24, 2.45) is 0 Å². The Hall–Kier alpha value is -3.49. The third kappa shape index (κ3) is 6.76. The van der Waals surface area contributed by atoms with Crippen LogP contribution in [0.5, 0.6) is 5.75 Å². The summed E-state index contributed by atoms with van der Waals surface area (Å²) in [6.07, 6.45) is 4.24. The first-order chi connectivity index (χ1) is 16.6. The summed E-state index contributed by atoms with van der Waals surface area (Å²) in [7, 11) is 1.61. The van der Waals surface area contributed by atoms with E-state index in [1.807, 2.05) is 30.3 Å². The molecule has 34 heavy (non-hydrogen) atoms. The molecule has 0 aliphatic carbocycles. The Morgan fingerprint density at radius 1 is 1.15 bits per heavy atom. The molecule has 176 valence electrons. The maximum Gasteiger partial charge on any atom is 0.244 e. The molecule has 4 rings (SSSR count). The standard InChI is InChI=1S/C26H28N4O3S/c1-33-21-10-7-19(8-11-21)9-12-24(31)27-15-13-25(32)29-26-28-22-14-16-30(18-23(22)34-26)17-20-5-3-2-4-6-20/h2-12H,13-18H2,1H3,(H,27,31)(H,28,29,32). The van der Waals surface area contributed by atoms with Crippen LogP contribution in [0.25, 0.3) is 6.08 Å². The number of carbonyl (C=O) groups is 2. The zero-order valence-corrected chi connectivity index (χ0v) is 19.9. The number of hydrogen-bond acceptors (Lipinski definition) is 6. The number of fused-ring (bicyclic) bond motifs is 1. The SMILES string of the molecule is COc1ccc(C=CC(=O)NCCC(=O)Nc2nc3c(s2)CN(Cc2ccccc2)CC3)cc1. The van der Waals surface area contributed by atoms with E-state index in [-0.39, 0.29) is 24.8 Å². The molecule has 0 saturated heterocycles. The zero-order chi connectivity index (χ0) is 23.8. The molecule has 2 aromatic carbocycles. The Morgan fingerprint density at radius 2 is 1.94 bits per heavy atom. The number of aromatic nitrogens is 1. The molecule has 2 heterocycles. The lowest BCUT2D eigenvalue weighted by Gasteiger charge is -2.25. The largest absolute Gasteiger partial charge is 0.497 e. The number of amides is 2. The monoisotopic (exact) mass is 476 g/mol. The number of benzene rings is 2. The highest BCUT2D eigenvalue weighted by Gasteiger charge is 2.21. The van der Waals surface area contributed by atoms with Gasteiger partial charge in [0, 0.05) is 50.0 Å².